The number of nitrogens with one attached hydrogen (secondary N) is 1. The van der Waals surface area contributed by atoms with Gasteiger partial charge in [0.15, 0.2) is 0 Å². The quantitative estimate of drug-likeness (QED) is 0.857. The minimum atomic E-state index is 0. The highest BCUT2D eigenvalue weighted by atomic mass is 79.9. The number of ether oxygens (including phenoxy) is 1. The van der Waals surface area contributed by atoms with Crippen LogP contribution in [-0.2, 0) is 0 Å². The Bertz CT molecular complexity index is 525. The topological polar surface area (TPSA) is 41.6 Å². The van der Waals surface area contributed by atoms with E-state index >= 15 is 0 Å². The van der Waals surface area contributed by atoms with E-state index in [0.29, 0.717) is 11.6 Å². The number of halogens is 2. The highest BCUT2D eigenvalue weighted by Gasteiger charge is 2.29. The monoisotopic (exact) mass is 390 g/mol. The third-order valence-corrected chi connectivity index (χ3v) is 4.24. The summed E-state index contributed by atoms with van der Waals surface area (Å²) in [6.45, 7) is 9.71. The fourth-order valence-corrected chi connectivity index (χ4v) is 3.01. The van der Waals surface area contributed by atoms with Gasteiger partial charge in [-0.15, -0.1) is 12.4 Å². The second-order valence-corrected chi connectivity index (χ2v) is 6.74. The smallest absolute Gasteiger partial charge is 0.254 e. The van der Waals surface area contributed by atoms with Gasteiger partial charge in [-0.25, -0.2) is 0 Å². The zero-order valence-corrected chi connectivity index (χ0v) is 15.8. The van der Waals surface area contributed by atoms with Gasteiger partial charge in [-0.3, -0.25) is 4.79 Å². The fraction of sp³-hybridized carbons (Fsp3) is 0.562. The number of benzene rings is 1. The van der Waals surface area contributed by atoms with Gasteiger partial charge in [-0.2, -0.15) is 0 Å². The summed E-state index contributed by atoms with van der Waals surface area (Å²) in [6.07, 6.45) is 0.0837. The summed E-state index contributed by atoms with van der Waals surface area (Å²) in [5.74, 6) is 0.782. The number of hydrogen-bond acceptors (Lipinski definition) is 3. The zero-order chi connectivity index (χ0) is 15.6. The van der Waals surface area contributed by atoms with E-state index in [-0.39, 0.29) is 30.5 Å². The molecule has 2 unspecified atom stereocenters. The van der Waals surface area contributed by atoms with Crippen LogP contribution in [0.3, 0.4) is 0 Å². The molecule has 0 aromatic heterocycles. The average Bonchev–Trinajstić information content (AvgIpc) is 2.39. The van der Waals surface area contributed by atoms with Crippen LogP contribution in [0.5, 0.6) is 5.75 Å². The third-order valence-electron chi connectivity index (χ3n) is 3.79. The van der Waals surface area contributed by atoms with Crippen LogP contribution in [-0.4, -0.2) is 42.1 Å². The molecule has 2 rings (SSSR count). The van der Waals surface area contributed by atoms with E-state index in [1.807, 2.05) is 36.9 Å². The van der Waals surface area contributed by atoms with Crippen molar-refractivity contribution in [2.75, 3.05) is 13.1 Å². The number of hydrogen-bond donors (Lipinski definition) is 1. The molecule has 1 aromatic carbocycles. The molecule has 1 aromatic rings. The van der Waals surface area contributed by atoms with Crippen LogP contribution >= 0.6 is 28.3 Å². The molecule has 0 radical (unpaired) electrons. The molecule has 1 amide bonds. The first-order valence-corrected chi connectivity index (χ1v) is 8.19. The molecule has 2 atom stereocenters. The minimum Gasteiger partial charge on any atom is -0.491 e. The number of carbonyl (C=O) groups is 1. The van der Waals surface area contributed by atoms with Gasteiger partial charge in [-0.1, -0.05) is 15.9 Å². The Hall–Kier alpha value is -0.780. The van der Waals surface area contributed by atoms with Crippen LogP contribution in [0.25, 0.3) is 0 Å². The summed E-state index contributed by atoms with van der Waals surface area (Å²) in [4.78, 5) is 14.7. The molecule has 6 heteroatoms. The van der Waals surface area contributed by atoms with Crippen LogP contribution in [0.4, 0.5) is 0 Å². The molecule has 1 aliphatic heterocycles. The number of nitrogens with zero attached hydrogens (tertiary/aromatic N) is 1. The van der Waals surface area contributed by atoms with E-state index in [4.69, 9.17) is 4.74 Å². The molecular weight excluding hydrogens is 368 g/mol. The van der Waals surface area contributed by atoms with Crippen LogP contribution in [0.15, 0.2) is 22.7 Å². The van der Waals surface area contributed by atoms with Gasteiger partial charge in [0.1, 0.15) is 5.75 Å². The van der Waals surface area contributed by atoms with Gasteiger partial charge in [0, 0.05) is 35.2 Å². The fourth-order valence-electron chi connectivity index (χ4n) is 2.54. The van der Waals surface area contributed by atoms with Gasteiger partial charge in [0.05, 0.1) is 6.10 Å². The van der Waals surface area contributed by atoms with Crippen molar-refractivity contribution in [1.82, 2.24) is 10.2 Å². The summed E-state index contributed by atoms with van der Waals surface area (Å²) in [5.41, 5.74) is 0.668. The Morgan fingerprint density at radius 1 is 1.36 bits per heavy atom. The summed E-state index contributed by atoms with van der Waals surface area (Å²) in [5, 5.41) is 3.39. The molecule has 1 aliphatic rings. The minimum absolute atomic E-state index is 0. The lowest BCUT2D eigenvalue weighted by Gasteiger charge is -2.38. The van der Waals surface area contributed by atoms with Gasteiger partial charge in [0.25, 0.3) is 5.91 Å². The van der Waals surface area contributed by atoms with Crippen LogP contribution in [0.1, 0.15) is 38.1 Å². The van der Waals surface area contributed by atoms with Crippen molar-refractivity contribution >= 4 is 34.2 Å². The molecule has 124 valence electrons. The van der Waals surface area contributed by atoms with E-state index in [0.717, 1.165) is 23.3 Å². The first-order valence-electron chi connectivity index (χ1n) is 7.40. The van der Waals surface area contributed by atoms with E-state index in [9.17, 15) is 4.79 Å². The summed E-state index contributed by atoms with van der Waals surface area (Å²) < 4.78 is 6.57. The molecule has 1 fully saturated rings. The molecule has 1 heterocycles. The summed E-state index contributed by atoms with van der Waals surface area (Å²) >= 11 is 3.46. The van der Waals surface area contributed by atoms with Crippen molar-refractivity contribution in [2.45, 2.75) is 45.9 Å². The predicted molar refractivity (Wildman–Crippen MR) is 95.1 cm³/mol. The number of carbonyl (C=O) groups excluding carboxylic acids is 1. The predicted octanol–water partition coefficient (Wildman–Crippen LogP) is 3.48. The van der Waals surface area contributed by atoms with Crippen LogP contribution < -0.4 is 10.1 Å². The van der Waals surface area contributed by atoms with Crippen molar-refractivity contribution in [3.05, 3.63) is 28.2 Å². The third kappa shape index (κ3) is 4.61. The van der Waals surface area contributed by atoms with Crippen molar-refractivity contribution in [3.8, 4) is 5.75 Å². The first-order chi connectivity index (χ1) is 9.88. The molecule has 4 nitrogen and oxygen atoms in total. The lowest BCUT2D eigenvalue weighted by molar-refractivity contribution is 0.0602. The van der Waals surface area contributed by atoms with Gasteiger partial charge in [0.2, 0.25) is 0 Å². The Balaban J connectivity index is 0.00000242. The van der Waals surface area contributed by atoms with E-state index in [1.54, 1.807) is 0 Å². The first kappa shape index (κ1) is 19.3. The van der Waals surface area contributed by atoms with Gasteiger partial charge in [-0.05, 0) is 45.9 Å². The Morgan fingerprint density at radius 3 is 2.68 bits per heavy atom. The average molecular weight is 392 g/mol. The van der Waals surface area contributed by atoms with Crippen molar-refractivity contribution in [2.24, 2.45) is 0 Å². The molecule has 0 spiro atoms. The molecule has 0 bridgehead atoms. The molecule has 0 saturated carbocycles. The van der Waals surface area contributed by atoms with Crippen molar-refractivity contribution in [3.63, 3.8) is 0 Å². The second-order valence-electron chi connectivity index (χ2n) is 5.82. The highest BCUT2D eigenvalue weighted by molar-refractivity contribution is 9.10. The number of amides is 1. The van der Waals surface area contributed by atoms with E-state index in [2.05, 4.69) is 35.1 Å². The van der Waals surface area contributed by atoms with E-state index in [1.165, 1.54) is 0 Å². The zero-order valence-electron chi connectivity index (χ0n) is 13.4. The molecule has 22 heavy (non-hydrogen) atoms. The normalized spacial score (nSPS) is 21.5. The number of piperazine rings is 1. The van der Waals surface area contributed by atoms with Crippen LogP contribution in [0, 0.1) is 0 Å². The Kier molecular flexibility index (Phi) is 7.16. The largest absolute Gasteiger partial charge is 0.491 e. The Morgan fingerprint density at radius 2 is 2.05 bits per heavy atom. The molecule has 0 aliphatic carbocycles. The Labute approximate surface area is 147 Å². The maximum Gasteiger partial charge on any atom is 0.254 e. The van der Waals surface area contributed by atoms with E-state index < -0.39 is 0 Å². The summed E-state index contributed by atoms with van der Waals surface area (Å²) in [6, 6.07) is 6.06. The van der Waals surface area contributed by atoms with Crippen molar-refractivity contribution < 1.29 is 9.53 Å². The molecule has 1 N–H and O–H groups in total. The second kappa shape index (κ2) is 8.18. The van der Waals surface area contributed by atoms with Crippen molar-refractivity contribution in [1.29, 1.82) is 0 Å². The highest BCUT2D eigenvalue weighted by Crippen LogP contribution is 2.24. The molecular formula is C16H24BrClN2O2. The maximum atomic E-state index is 12.8. The van der Waals surface area contributed by atoms with Gasteiger partial charge >= 0.3 is 0 Å². The summed E-state index contributed by atoms with van der Waals surface area (Å²) in [7, 11) is 0. The maximum absolute atomic E-state index is 12.8. The molecule has 1 saturated heterocycles. The lowest BCUT2D eigenvalue weighted by Crippen LogP contribution is -2.57. The standard InChI is InChI=1S/C16H23BrN2O2.ClH/c1-10(2)21-15-8-13(7-14(17)9-15)16(20)19-6-5-18-11(3)12(19)4;/h7-12,18H,5-6H2,1-4H3;1H. The lowest BCUT2D eigenvalue weighted by atomic mass is 10.1. The van der Waals surface area contributed by atoms with Crippen LogP contribution in [0.2, 0.25) is 0 Å². The SMILES string of the molecule is CC(C)Oc1cc(Br)cc(C(=O)N2CCNC(C)C2C)c1.Cl. The van der Waals surface area contributed by atoms with Gasteiger partial charge < -0.3 is 15.0 Å². The number of rotatable bonds is 3.